The summed E-state index contributed by atoms with van der Waals surface area (Å²) in [7, 11) is 0. The molecule has 2 atom stereocenters. The van der Waals surface area contributed by atoms with E-state index in [2.05, 4.69) is 10.6 Å². The van der Waals surface area contributed by atoms with Gasteiger partial charge in [0, 0.05) is 16.6 Å². The Morgan fingerprint density at radius 3 is 3.00 bits per heavy atom. The molecule has 1 amide bonds. The van der Waals surface area contributed by atoms with Crippen LogP contribution in [-0.4, -0.2) is 24.7 Å². The number of hydrogen-bond acceptors (Lipinski definition) is 3. The number of halogens is 1. The minimum Gasteiger partial charge on any atom is -0.349 e. The van der Waals surface area contributed by atoms with Crippen LogP contribution in [0.2, 0.25) is 0 Å². The summed E-state index contributed by atoms with van der Waals surface area (Å²) in [5.74, 6) is 1.26. The van der Waals surface area contributed by atoms with E-state index in [0.717, 1.165) is 35.7 Å². The lowest BCUT2D eigenvalue weighted by Crippen LogP contribution is -2.50. The Hall–Kier alpha value is -1.07. The molecule has 2 N–H and O–H groups in total. The molecule has 1 aromatic carbocycles. The summed E-state index contributed by atoms with van der Waals surface area (Å²) >= 11 is 1.73. The lowest BCUT2D eigenvalue weighted by Gasteiger charge is -2.33. The highest BCUT2D eigenvalue weighted by Gasteiger charge is 2.31. The van der Waals surface area contributed by atoms with Crippen molar-refractivity contribution in [2.24, 2.45) is 11.8 Å². The van der Waals surface area contributed by atoms with Crippen LogP contribution in [0.3, 0.4) is 0 Å². The predicted molar refractivity (Wildman–Crippen MR) is 78.1 cm³/mol. The third kappa shape index (κ3) is 2.69. The van der Waals surface area contributed by atoms with Gasteiger partial charge in [-0.3, -0.25) is 4.79 Å². The monoisotopic (exact) mass is 294 g/mol. The van der Waals surface area contributed by atoms with Gasteiger partial charge in [-0.1, -0.05) is 6.92 Å². The van der Waals surface area contributed by atoms with Crippen molar-refractivity contribution in [3.8, 4) is 0 Å². The third-order valence-electron chi connectivity index (χ3n) is 4.26. The molecule has 2 unspecified atom stereocenters. The number of fused-ring (bicyclic) bond motifs is 1. The number of nitrogens with one attached hydrogen (secondary N) is 2. The van der Waals surface area contributed by atoms with Gasteiger partial charge >= 0.3 is 0 Å². The highest BCUT2D eigenvalue weighted by Crippen LogP contribution is 2.36. The minimum atomic E-state index is -0.234. The van der Waals surface area contributed by atoms with Crippen LogP contribution in [0.15, 0.2) is 23.1 Å². The number of hydrogen-bond donors (Lipinski definition) is 2. The van der Waals surface area contributed by atoms with Crippen molar-refractivity contribution in [2.45, 2.75) is 24.3 Å². The molecule has 2 aliphatic heterocycles. The van der Waals surface area contributed by atoms with Crippen LogP contribution in [0.5, 0.6) is 0 Å². The van der Waals surface area contributed by atoms with E-state index in [1.807, 2.05) is 13.0 Å². The molecule has 3 nitrogen and oxygen atoms in total. The van der Waals surface area contributed by atoms with Crippen molar-refractivity contribution in [1.82, 2.24) is 10.6 Å². The average molecular weight is 294 g/mol. The Labute approximate surface area is 122 Å². The molecule has 1 saturated heterocycles. The van der Waals surface area contributed by atoms with Crippen molar-refractivity contribution in [1.29, 1.82) is 0 Å². The molecule has 2 heterocycles. The van der Waals surface area contributed by atoms with Crippen LogP contribution in [0.25, 0.3) is 0 Å². The summed E-state index contributed by atoms with van der Waals surface area (Å²) in [6, 6.07) is 4.80. The molecule has 2 aliphatic rings. The fourth-order valence-electron chi connectivity index (χ4n) is 2.70. The number of carbonyl (C=O) groups excluding carboxylic acids is 1. The molecule has 5 heteroatoms. The lowest BCUT2D eigenvalue weighted by atomic mass is 9.88. The molecule has 20 heavy (non-hydrogen) atoms. The Morgan fingerprint density at radius 1 is 1.50 bits per heavy atom. The first-order valence-corrected chi connectivity index (χ1v) is 8.07. The van der Waals surface area contributed by atoms with Gasteiger partial charge in [0.1, 0.15) is 5.82 Å². The van der Waals surface area contributed by atoms with Gasteiger partial charge in [-0.25, -0.2) is 4.39 Å². The van der Waals surface area contributed by atoms with Crippen molar-refractivity contribution < 1.29 is 9.18 Å². The fraction of sp³-hybridized carbons (Fsp3) is 0.533. The second kappa shape index (κ2) is 5.74. The Kier molecular flexibility index (Phi) is 3.98. The summed E-state index contributed by atoms with van der Waals surface area (Å²) in [6.07, 6.45) is 0.864. The van der Waals surface area contributed by atoms with E-state index in [-0.39, 0.29) is 23.7 Å². The quantitative estimate of drug-likeness (QED) is 0.899. The molecular weight excluding hydrogens is 275 g/mol. The number of amides is 1. The van der Waals surface area contributed by atoms with Crippen molar-refractivity contribution >= 4 is 17.7 Å². The SMILES string of the molecule is CC(C(=O)NC1CCSc2ccc(F)cc21)C1CNC1. The molecule has 0 aromatic heterocycles. The fourth-order valence-corrected chi connectivity index (χ4v) is 3.80. The maximum Gasteiger partial charge on any atom is 0.223 e. The van der Waals surface area contributed by atoms with Gasteiger partial charge in [-0.05, 0) is 49.2 Å². The van der Waals surface area contributed by atoms with Crippen LogP contribution in [-0.2, 0) is 4.79 Å². The lowest BCUT2D eigenvalue weighted by molar-refractivity contribution is -0.127. The van der Waals surface area contributed by atoms with Gasteiger partial charge in [0.15, 0.2) is 0 Å². The average Bonchev–Trinajstić information content (AvgIpc) is 2.37. The van der Waals surface area contributed by atoms with Crippen molar-refractivity contribution in [3.63, 3.8) is 0 Å². The molecule has 3 rings (SSSR count). The zero-order chi connectivity index (χ0) is 14.1. The Bertz CT molecular complexity index is 519. The molecule has 108 valence electrons. The van der Waals surface area contributed by atoms with Gasteiger partial charge in [0.2, 0.25) is 5.91 Å². The first-order valence-electron chi connectivity index (χ1n) is 7.08. The molecule has 0 spiro atoms. The van der Waals surface area contributed by atoms with E-state index in [4.69, 9.17) is 0 Å². The van der Waals surface area contributed by atoms with Gasteiger partial charge in [0.05, 0.1) is 6.04 Å². The van der Waals surface area contributed by atoms with Crippen LogP contribution in [0.4, 0.5) is 4.39 Å². The van der Waals surface area contributed by atoms with Crippen LogP contribution in [0.1, 0.15) is 24.9 Å². The molecule has 1 fully saturated rings. The molecule has 0 bridgehead atoms. The number of benzene rings is 1. The van der Waals surface area contributed by atoms with Gasteiger partial charge < -0.3 is 10.6 Å². The first kappa shape index (κ1) is 13.9. The standard InChI is InChI=1S/C15H19FN2OS/c1-9(10-7-17-8-10)15(19)18-13-4-5-20-14-3-2-11(16)6-12(13)14/h2-3,6,9-10,13,17H,4-5,7-8H2,1H3,(H,18,19). The first-order chi connectivity index (χ1) is 9.65. The zero-order valence-electron chi connectivity index (χ0n) is 11.5. The van der Waals surface area contributed by atoms with E-state index in [1.165, 1.54) is 6.07 Å². The van der Waals surface area contributed by atoms with Crippen LogP contribution in [0, 0.1) is 17.7 Å². The van der Waals surface area contributed by atoms with E-state index in [9.17, 15) is 9.18 Å². The predicted octanol–water partition coefficient (Wildman–Crippen LogP) is 2.33. The van der Waals surface area contributed by atoms with Gasteiger partial charge in [0.25, 0.3) is 0 Å². The van der Waals surface area contributed by atoms with Crippen LogP contribution < -0.4 is 10.6 Å². The molecule has 0 radical (unpaired) electrons. The second-order valence-corrected chi connectivity index (χ2v) is 6.72. The minimum absolute atomic E-state index is 0.0165. The number of rotatable bonds is 3. The van der Waals surface area contributed by atoms with Crippen molar-refractivity contribution in [3.05, 3.63) is 29.6 Å². The summed E-state index contributed by atoms with van der Waals surface area (Å²) in [4.78, 5) is 13.4. The summed E-state index contributed by atoms with van der Waals surface area (Å²) in [5.41, 5.74) is 0.925. The molecule has 0 aliphatic carbocycles. The number of carbonyl (C=O) groups is 1. The largest absolute Gasteiger partial charge is 0.349 e. The summed E-state index contributed by atoms with van der Waals surface area (Å²) in [5, 5.41) is 6.30. The maximum absolute atomic E-state index is 13.4. The smallest absolute Gasteiger partial charge is 0.223 e. The van der Waals surface area contributed by atoms with Gasteiger partial charge in [-0.15, -0.1) is 11.8 Å². The highest BCUT2D eigenvalue weighted by atomic mass is 32.2. The third-order valence-corrected chi connectivity index (χ3v) is 5.38. The zero-order valence-corrected chi connectivity index (χ0v) is 12.3. The van der Waals surface area contributed by atoms with E-state index in [1.54, 1.807) is 17.8 Å². The number of thioether (sulfide) groups is 1. The normalized spacial score (nSPS) is 23.6. The van der Waals surface area contributed by atoms with E-state index >= 15 is 0 Å². The van der Waals surface area contributed by atoms with E-state index < -0.39 is 0 Å². The topological polar surface area (TPSA) is 41.1 Å². The van der Waals surface area contributed by atoms with E-state index in [0.29, 0.717) is 5.92 Å². The maximum atomic E-state index is 13.4. The Morgan fingerprint density at radius 2 is 2.30 bits per heavy atom. The molecule has 0 saturated carbocycles. The van der Waals surface area contributed by atoms with Crippen LogP contribution >= 0.6 is 11.8 Å². The molecule has 1 aromatic rings. The summed E-state index contributed by atoms with van der Waals surface area (Å²) in [6.45, 7) is 3.81. The summed E-state index contributed by atoms with van der Waals surface area (Å²) < 4.78 is 13.4. The second-order valence-electron chi connectivity index (χ2n) is 5.59. The van der Waals surface area contributed by atoms with Gasteiger partial charge in [-0.2, -0.15) is 0 Å². The Balaban J connectivity index is 1.72. The molecular formula is C15H19FN2OS. The van der Waals surface area contributed by atoms with Crippen molar-refractivity contribution in [2.75, 3.05) is 18.8 Å². The highest BCUT2D eigenvalue weighted by molar-refractivity contribution is 7.99.